The molecule has 166 valence electrons. The number of hydrogen-bond acceptors (Lipinski definition) is 2. The number of benzene rings is 3. The molecule has 0 unspecified atom stereocenters. The van der Waals surface area contributed by atoms with Crippen molar-refractivity contribution >= 4 is 18.1 Å². The van der Waals surface area contributed by atoms with E-state index in [9.17, 15) is 4.79 Å². The van der Waals surface area contributed by atoms with Gasteiger partial charge in [-0.05, 0) is 59.7 Å². The van der Waals surface area contributed by atoms with Gasteiger partial charge in [-0.2, -0.15) is 0 Å². The van der Waals surface area contributed by atoms with E-state index in [4.69, 9.17) is 0 Å². The molecule has 2 heterocycles. The Morgan fingerprint density at radius 3 is 2.03 bits per heavy atom. The Bertz CT molecular complexity index is 1160. The lowest BCUT2D eigenvalue weighted by atomic mass is 9.85. The molecule has 1 saturated heterocycles. The number of carbonyl (C=O) groups is 1. The molecule has 0 saturated carbocycles. The van der Waals surface area contributed by atoms with E-state index in [1.807, 2.05) is 18.2 Å². The molecule has 0 N–H and O–H groups in total. The minimum Gasteiger partial charge on any atom is -0.331 e. The maximum Gasteiger partial charge on any atom is 0.254 e. The summed E-state index contributed by atoms with van der Waals surface area (Å²) in [6.07, 6.45) is 7.79. The molecule has 0 spiro atoms. The molecular formula is C30H30N2O. The minimum absolute atomic E-state index is 0.225. The van der Waals surface area contributed by atoms with Crippen LogP contribution < -0.4 is 0 Å². The Hall–Kier alpha value is -3.17. The smallest absolute Gasteiger partial charge is 0.254 e. The van der Waals surface area contributed by atoms with E-state index >= 15 is 0 Å². The lowest BCUT2D eigenvalue weighted by Crippen LogP contribution is -2.45. The van der Waals surface area contributed by atoms with E-state index in [-0.39, 0.29) is 5.91 Å². The number of piperidine rings is 1. The molecule has 6 rings (SSSR count). The van der Waals surface area contributed by atoms with Crippen LogP contribution in [0, 0.1) is 0 Å². The number of nitrogens with zero attached hydrogens (tertiary/aromatic N) is 2. The molecule has 3 aliphatic rings. The largest absolute Gasteiger partial charge is 0.331 e. The topological polar surface area (TPSA) is 23.6 Å². The molecule has 0 radical (unpaired) electrons. The van der Waals surface area contributed by atoms with Gasteiger partial charge in [0.1, 0.15) is 0 Å². The van der Waals surface area contributed by atoms with Crippen LogP contribution in [0.1, 0.15) is 63.4 Å². The summed E-state index contributed by atoms with van der Waals surface area (Å²) in [5.74, 6) is 0.642. The zero-order valence-electron chi connectivity index (χ0n) is 19.0. The van der Waals surface area contributed by atoms with Gasteiger partial charge in [0.15, 0.2) is 0 Å². The number of amides is 1. The minimum atomic E-state index is 0.225. The summed E-state index contributed by atoms with van der Waals surface area (Å²) in [6.45, 7) is 4.01. The SMILES string of the molecule is O=C1c2ccccc2CN1C1CCN(CCC2c3ccccc3C=Cc3ccccc32)CC1. The predicted octanol–water partition coefficient (Wildman–Crippen LogP) is 5.81. The van der Waals surface area contributed by atoms with Crippen molar-refractivity contribution in [3.05, 3.63) is 106 Å². The monoisotopic (exact) mass is 434 g/mol. The third-order valence-corrected chi connectivity index (χ3v) is 7.77. The fourth-order valence-electron chi connectivity index (χ4n) is 5.96. The molecule has 1 fully saturated rings. The summed E-state index contributed by atoms with van der Waals surface area (Å²) in [7, 11) is 0. The van der Waals surface area contributed by atoms with Crippen molar-refractivity contribution in [2.24, 2.45) is 0 Å². The van der Waals surface area contributed by atoms with Crippen LogP contribution in [-0.2, 0) is 6.54 Å². The van der Waals surface area contributed by atoms with Crippen LogP contribution in [0.2, 0.25) is 0 Å². The highest BCUT2D eigenvalue weighted by Gasteiger charge is 2.34. The highest BCUT2D eigenvalue weighted by molar-refractivity contribution is 5.98. The number of fused-ring (bicyclic) bond motifs is 3. The molecule has 1 amide bonds. The van der Waals surface area contributed by atoms with Crippen molar-refractivity contribution in [2.45, 2.75) is 37.8 Å². The average molecular weight is 435 g/mol. The van der Waals surface area contributed by atoms with Gasteiger partial charge < -0.3 is 9.80 Å². The molecular weight excluding hydrogens is 404 g/mol. The normalized spacial score (nSPS) is 18.7. The fourth-order valence-corrected chi connectivity index (χ4v) is 5.96. The standard InChI is InChI=1S/C30H30N2O/c33-30-28-12-6-3-9-24(28)21-32(30)25-15-18-31(19-16-25)20-17-29-26-10-4-1-7-22(26)13-14-23-8-2-5-11-27(23)29/h1-14,25,29H,15-21H2. The molecule has 3 nitrogen and oxygen atoms in total. The first-order chi connectivity index (χ1) is 16.3. The maximum atomic E-state index is 12.9. The van der Waals surface area contributed by atoms with Crippen LogP contribution in [0.25, 0.3) is 12.2 Å². The van der Waals surface area contributed by atoms with Gasteiger partial charge in [-0.15, -0.1) is 0 Å². The number of hydrogen-bond donors (Lipinski definition) is 0. The second kappa shape index (κ2) is 8.64. The highest BCUT2D eigenvalue weighted by Crippen LogP contribution is 2.37. The fraction of sp³-hybridized carbons (Fsp3) is 0.300. The third kappa shape index (κ3) is 3.81. The summed E-state index contributed by atoms with van der Waals surface area (Å²) in [6, 6.07) is 26.1. The Morgan fingerprint density at radius 2 is 1.36 bits per heavy atom. The van der Waals surface area contributed by atoms with Crippen molar-refractivity contribution in [1.29, 1.82) is 0 Å². The van der Waals surface area contributed by atoms with Gasteiger partial charge in [-0.1, -0.05) is 78.9 Å². The quantitative estimate of drug-likeness (QED) is 0.517. The van der Waals surface area contributed by atoms with E-state index in [2.05, 4.69) is 76.5 Å². The Kier molecular flexibility index (Phi) is 5.35. The molecule has 33 heavy (non-hydrogen) atoms. The number of likely N-dealkylation sites (tertiary alicyclic amines) is 1. The van der Waals surface area contributed by atoms with Crippen LogP contribution in [0.15, 0.2) is 72.8 Å². The average Bonchev–Trinajstić information content (AvgIpc) is 3.11. The van der Waals surface area contributed by atoms with E-state index in [1.165, 1.54) is 27.8 Å². The van der Waals surface area contributed by atoms with E-state index < -0.39 is 0 Å². The van der Waals surface area contributed by atoms with Gasteiger partial charge in [0.05, 0.1) is 0 Å². The molecule has 2 aliphatic heterocycles. The van der Waals surface area contributed by atoms with Crippen molar-refractivity contribution < 1.29 is 4.79 Å². The van der Waals surface area contributed by atoms with Gasteiger partial charge in [0.2, 0.25) is 0 Å². The summed E-state index contributed by atoms with van der Waals surface area (Å²) in [4.78, 5) is 17.6. The van der Waals surface area contributed by atoms with Crippen LogP contribution in [0.4, 0.5) is 0 Å². The first kappa shape index (κ1) is 20.4. The van der Waals surface area contributed by atoms with Crippen molar-refractivity contribution in [2.75, 3.05) is 19.6 Å². The predicted molar refractivity (Wildman–Crippen MR) is 134 cm³/mol. The second-order valence-electron chi connectivity index (χ2n) is 9.60. The van der Waals surface area contributed by atoms with Gasteiger partial charge >= 0.3 is 0 Å². The van der Waals surface area contributed by atoms with E-state index in [0.717, 1.165) is 51.0 Å². The Balaban J connectivity index is 1.12. The van der Waals surface area contributed by atoms with Crippen LogP contribution in [0.3, 0.4) is 0 Å². The molecule has 3 aromatic carbocycles. The molecule has 3 aromatic rings. The van der Waals surface area contributed by atoms with Crippen LogP contribution in [0.5, 0.6) is 0 Å². The first-order valence-corrected chi connectivity index (χ1v) is 12.2. The molecule has 3 heteroatoms. The van der Waals surface area contributed by atoms with Gasteiger partial charge in [0.25, 0.3) is 5.91 Å². The summed E-state index contributed by atoms with van der Waals surface area (Å²) >= 11 is 0. The van der Waals surface area contributed by atoms with Crippen LogP contribution in [-0.4, -0.2) is 41.4 Å². The lowest BCUT2D eigenvalue weighted by Gasteiger charge is -2.37. The zero-order chi connectivity index (χ0) is 22.2. The zero-order valence-corrected chi connectivity index (χ0v) is 19.0. The Morgan fingerprint density at radius 1 is 0.758 bits per heavy atom. The van der Waals surface area contributed by atoms with E-state index in [0.29, 0.717) is 12.0 Å². The Labute approximate surface area is 196 Å². The van der Waals surface area contributed by atoms with Crippen molar-refractivity contribution in [3.8, 4) is 0 Å². The summed E-state index contributed by atoms with van der Waals surface area (Å²) in [5, 5.41) is 0. The van der Waals surface area contributed by atoms with E-state index in [1.54, 1.807) is 0 Å². The molecule has 0 bridgehead atoms. The summed E-state index contributed by atoms with van der Waals surface area (Å²) < 4.78 is 0. The van der Waals surface area contributed by atoms with Crippen molar-refractivity contribution in [1.82, 2.24) is 9.80 Å². The summed E-state index contributed by atoms with van der Waals surface area (Å²) in [5.41, 5.74) is 7.64. The maximum absolute atomic E-state index is 12.9. The first-order valence-electron chi connectivity index (χ1n) is 12.2. The van der Waals surface area contributed by atoms with Gasteiger partial charge in [-0.3, -0.25) is 4.79 Å². The third-order valence-electron chi connectivity index (χ3n) is 7.77. The van der Waals surface area contributed by atoms with Gasteiger partial charge in [0, 0.05) is 37.2 Å². The number of rotatable bonds is 4. The molecule has 0 aromatic heterocycles. The number of carbonyl (C=O) groups excluding carboxylic acids is 1. The molecule has 1 aliphatic carbocycles. The highest BCUT2D eigenvalue weighted by atomic mass is 16.2. The van der Waals surface area contributed by atoms with Crippen molar-refractivity contribution in [3.63, 3.8) is 0 Å². The van der Waals surface area contributed by atoms with Gasteiger partial charge in [-0.25, -0.2) is 0 Å². The second-order valence-corrected chi connectivity index (χ2v) is 9.60. The molecule has 0 atom stereocenters. The van der Waals surface area contributed by atoms with Crippen LogP contribution >= 0.6 is 0 Å². The lowest BCUT2D eigenvalue weighted by molar-refractivity contribution is 0.0595.